The van der Waals surface area contributed by atoms with Gasteiger partial charge in [-0.25, -0.2) is 4.98 Å². The Morgan fingerprint density at radius 3 is 2.14 bits per heavy atom. The van der Waals surface area contributed by atoms with E-state index in [2.05, 4.69) is 10.3 Å². The summed E-state index contributed by atoms with van der Waals surface area (Å²) < 4.78 is 38.0. The Bertz CT molecular complexity index is 644. The summed E-state index contributed by atoms with van der Waals surface area (Å²) in [7, 11) is 0. The Balaban J connectivity index is 2.32. The van der Waals surface area contributed by atoms with Gasteiger partial charge in [0.15, 0.2) is 17.6 Å². The van der Waals surface area contributed by atoms with Gasteiger partial charge in [0.05, 0.1) is 5.56 Å². The third kappa shape index (κ3) is 2.92. The number of alkyl halides is 3. The molecule has 0 saturated heterocycles. The van der Waals surface area contributed by atoms with E-state index < -0.39 is 29.3 Å². The van der Waals surface area contributed by atoms with Crippen LogP contribution >= 0.6 is 11.6 Å². The molecule has 0 aromatic carbocycles. The smallest absolute Gasteiger partial charge is 0.353 e. The van der Waals surface area contributed by atoms with Crippen LogP contribution in [-0.2, 0) is 15.8 Å². The predicted octanol–water partition coefficient (Wildman–Crippen LogP) is 3.02. The van der Waals surface area contributed by atoms with E-state index in [0.29, 0.717) is 12.1 Å². The summed E-state index contributed by atoms with van der Waals surface area (Å²) in [4.78, 5) is 27.4. The second-order valence-electron chi connectivity index (χ2n) is 4.62. The fraction of sp³-hybridized carbons (Fsp3) is 0.308. The molecular weight excluding hydrogens is 309 g/mol. The minimum atomic E-state index is -4.60. The van der Waals surface area contributed by atoms with E-state index in [4.69, 9.17) is 11.6 Å². The first-order valence-corrected chi connectivity index (χ1v) is 6.26. The number of halogens is 4. The molecule has 0 saturated carbocycles. The largest absolute Gasteiger partial charge is 0.416 e. The summed E-state index contributed by atoms with van der Waals surface area (Å²) in [5.74, 6) is -1.23. The molecule has 4 nitrogen and oxygen atoms in total. The molecule has 21 heavy (non-hydrogen) atoms. The van der Waals surface area contributed by atoms with Crippen LogP contribution in [0.2, 0.25) is 5.15 Å². The van der Waals surface area contributed by atoms with Gasteiger partial charge in [0, 0.05) is 11.1 Å². The third-order valence-electron chi connectivity index (χ3n) is 3.24. The molecule has 1 N–H and O–H groups in total. The van der Waals surface area contributed by atoms with Crippen molar-refractivity contribution in [2.45, 2.75) is 26.1 Å². The Morgan fingerprint density at radius 1 is 1.14 bits per heavy atom. The highest BCUT2D eigenvalue weighted by atomic mass is 35.5. The zero-order valence-electron chi connectivity index (χ0n) is 11.0. The zero-order valence-corrected chi connectivity index (χ0v) is 11.8. The van der Waals surface area contributed by atoms with Gasteiger partial charge in [-0.2, -0.15) is 13.2 Å². The van der Waals surface area contributed by atoms with Gasteiger partial charge in [0.25, 0.3) is 0 Å². The lowest BCUT2D eigenvalue weighted by molar-refractivity contribution is -0.137. The van der Waals surface area contributed by atoms with Crippen LogP contribution in [0, 0.1) is 0 Å². The molecule has 1 aliphatic rings. The van der Waals surface area contributed by atoms with E-state index in [1.54, 1.807) is 0 Å². The average molecular weight is 319 g/mol. The van der Waals surface area contributed by atoms with Crippen LogP contribution in [0.3, 0.4) is 0 Å². The van der Waals surface area contributed by atoms with Gasteiger partial charge < -0.3 is 5.32 Å². The number of nitrogens with zero attached hydrogens (tertiary/aromatic N) is 1. The Kier molecular flexibility index (Phi) is 3.79. The van der Waals surface area contributed by atoms with Gasteiger partial charge in [0.1, 0.15) is 11.0 Å². The fourth-order valence-electron chi connectivity index (χ4n) is 1.94. The van der Waals surface area contributed by atoms with Gasteiger partial charge in [-0.1, -0.05) is 11.6 Å². The SMILES string of the molecule is CC1=C(C)C(=O)C(Nc2cc(C(F)(F)F)cc(Cl)n2)C1=O. The van der Waals surface area contributed by atoms with Crippen LogP contribution in [0.15, 0.2) is 23.3 Å². The maximum absolute atomic E-state index is 12.7. The first-order chi connectivity index (χ1) is 9.61. The summed E-state index contributed by atoms with van der Waals surface area (Å²) in [6.07, 6.45) is -4.60. The zero-order chi connectivity index (χ0) is 15.9. The second-order valence-corrected chi connectivity index (χ2v) is 5.00. The van der Waals surface area contributed by atoms with Crippen molar-refractivity contribution in [1.29, 1.82) is 0 Å². The van der Waals surface area contributed by atoms with Crippen LogP contribution in [0.25, 0.3) is 0 Å². The molecule has 1 aliphatic carbocycles. The lowest BCUT2D eigenvalue weighted by Gasteiger charge is -2.14. The van der Waals surface area contributed by atoms with Crippen molar-refractivity contribution >= 4 is 29.0 Å². The van der Waals surface area contributed by atoms with Crippen LogP contribution < -0.4 is 5.32 Å². The van der Waals surface area contributed by atoms with Crippen molar-refractivity contribution in [2.24, 2.45) is 0 Å². The minimum Gasteiger partial charge on any atom is -0.353 e. The molecule has 1 heterocycles. The van der Waals surface area contributed by atoms with Gasteiger partial charge in [0.2, 0.25) is 0 Å². The first-order valence-electron chi connectivity index (χ1n) is 5.88. The summed E-state index contributed by atoms with van der Waals surface area (Å²) in [6.45, 7) is 2.98. The lowest BCUT2D eigenvalue weighted by Crippen LogP contribution is -2.33. The van der Waals surface area contributed by atoms with E-state index in [1.165, 1.54) is 13.8 Å². The van der Waals surface area contributed by atoms with E-state index in [-0.39, 0.29) is 22.1 Å². The molecule has 0 radical (unpaired) electrons. The Morgan fingerprint density at radius 2 is 1.67 bits per heavy atom. The predicted molar refractivity (Wildman–Crippen MR) is 70.0 cm³/mol. The summed E-state index contributed by atoms with van der Waals surface area (Å²) >= 11 is 5.54. The van der Waals surface area contributed by atoms with Crippen molar-refractivity contribution in [2.75, 3.05) is 5.32 Å². The molecule has 0 aliphatic heterocycles. The number of pyridine rings is 1. The first kappa shape index (κ1) is 15.5. The van der Waals surface area contributed by atoms with Crippen LogP contribution in [0.1, 0.15) is 19.4 Å². The number of hydrogen-bond donors (Lipinski definition) is 1. The number of carbonyl (C=O) groups is 2. The molecule has 112 valence electrons. The highest BCUT2D eigenvalue weighted by Gasteiger charge is 2.37. The van der Waals surface area contributed by atoms with Gasteiger partial charge in [-0.3, -0.25) is 9.59 Å². The van der Waals surface area contributed by atoms with Crippen LogP contribution in [0.4, 0.5) is 19.0 Å². The standard InChI is InChI=1S/C13H10ClF3N2O2/c1-5-6(2)12(21)10(11(5)20)19-9-4-7(13(15,16)17)3-8(14)18-9/h3-4,10H,1-2H3,(H,18,19). The summed E-state index contributed by atoms with van der Waals surface area (Å²) in [5.41, 5.74) is -0.435. The molecule has 0 atom stereocenters. The number of nitrogens with one attached hydrogen (secondary N) is 1. The van der Waals surface area contributed by atoms with E-state index >= 15 is 0 Å². The maximum Gasteiger partial charge on any atom is 0.416 e. The van der Waals surface area contributed by atoms with Gasteiger partial charge >= 0.3 is 6.18 Å². The van der Waals surface area contributed by atoms with Crippen LogP contribution in [0.5, 0.6) is 0 Å². The summed E-state index contributed by atoms with van der Waals surface area (Å²) in [5, 5.41) is 2.04. The monoisotopic (exact) mass is 318 g/mol. The topological polar surface area (TPSA) is 59.1 Å². The van der Waals surface area contributed by atoms with Gasteiger partial charge in [-0.15, -0.1) is 0 Å². The van der Waals surface area contributed by atoms with Crippen LogP contribution in [-0.4, -0.2) is 22.6 Å². The van der Waals surface area contributed by atoms with Crippen molar-refractivity contribution in [3.8, 4) is 0 Å². The normalized spacial score (nSPS) is 16.9. The molecule has 0 unspecified atom stereocenters. The van der Waals surface area contributed by atoms with E-state index in [1.807, 2.05) is 0 Å². The molecule has 1 aromatic rings. The third-order valence-corrected chi connectivity index (χ3v) is 3.43. The Hall–Kier alpha value is -1.89. The average Bonchev–Trinajstić information content (AvgIpc) is 2.55. The number of rotatable bonds is 2. The molecule has 0 bridgehead atoms. The number of anilines is 1. The Labute approximate surface area is 123 Å². The molecule has 1 aromatic heterocycles. The molecule has 2 rings (SSSR count). The highest BCUT2D eigenvalue weighted by Crippen LogP contribution is 2.32. The van der Waals surface area contributed by atoms with E-state index in [9.17, 15) is 22.8 Å². The molecule has 0 amide bonds. The second kappa shape index (κ2) is 5.14. The van der Waals surface area contributed by atoms with Crippen molar-refractivity contribution in [1.82, 2.24) is 4.98 Å². The molecule has 0 fully saturated rings. The number of hydrogen-bond acceptors (Lipinski definition) is 4. The number of carbonyl (C=O) groups excluding carboxylic acids is 2. The lowest BCUT2D eigenvalue weighted by atomic mass is 10.1. The maximum atomic E-state index is 12.7. The molecule has 8 heteroatoms. The van der Waals surface area contributed by atoms with E-state index in [0.717, 1.165) is 0 Å². The minimum absolute atomic E-state index is 0.274. The number of ketones is 2. The molecular formula is C13H10ClF3N2O2. The molecule has 0 spiro atoms. The number of aromatic nitrogens is 1. The van der Waals surface area contributed by atoms with Crippen molar-refractivity contribution < 1.29 is 22.8 Å². The van der Waals surface area contributed by atoms with Crippen molar-refractivity contribution in [3.63, 3.8) is 0 Å². The van der Waals surface area contributed by atoms with Gasteiger partial charge in [-0.05, 0) is 26.0 Å². The summed E-state index contributed by atoms with van der Waals surface area (Å²) in [6, 6.07) is 0.118. The quantitative estimate of drug-likeness (QED) is 0.672. The highest BCUT2D eigenvalue weighted by molar-refractivity contribution is 6.30. The fourth-order valence-corrected chi connectivity index (χ4v) is 2.14. The number of Topliss-reactive ketones (excluding diaryl/α,β-unsaturated/α-hetero) is 2. The van der Waals surface area contributed by atoms with Crippen molar-refractivity contribution in [3.05, 3.63) is 34.0 Å².